The van der Waals surface area contributed by atoms with Gasteiger partial charge in [-0.25, -0.2) is 5.10 Å². The van der Waals surface area contributed by atoms with Crippen LogP contribution in [0.3, 0.4) is 0 Å². The van der Waals surface area contributed by atoms with Gasteiger partial charge in [0.25, 0.3) is 0 Å². The van der Waals surface area contributed by atoms with E-state index >= 15 is 0 Å². The Labute approximate surface area is 93.5 Å². The van der Waals surface area contributed by atoms with E-state index in [0.29, 0.717) is 11.4 Å². The number of rotatable bonds is 2. The molecule has 0 saturated heterocycles. The zero-order valence-electron chi connectivity index (χ0n) is 9.11. The SMILES string of the molecule is COc1[nH]ncc1-c1ccc(C#N)cc1C. The summed E-state index contributed by atoms with van der Waals surface area (Å²) in [5.41, 5.74) is 3.61. The molecule has 4 nitrogen and oxygen atoms in total. The molecule has 0 unspecified atom stereocenters. The van der Waals surface area contributed by atoms with Crippen molar-refractivity contribution in [3.63, 3.8) is 0 Å². The summed E-state index contributed by atoms with van der Waals surface area (Å²) >= 11 is 0. The number of aryl methyl sites for hydroxylation is 1. The zero-order valence-corrected chi connectivity index (χ0v) is 9.11. The average Bonchev–Trinajstić information content (AvgIpc) is 2.76. The van der Waals surface area contributed by atoms with Gasteiger partial charge >= 0.3 is 0 Å². The van der Waals surface area contributed by atoms with E-state index in [1.54, 1.807) is 19.4 Å². The van der Waals surface area contributed by atoms with E-state index in [0.717, 1.165) is 16.7 Å². The molecule has 0 aliphatic carbocycles. The highest BCUT2D eigenvalue weighted by atomic mass is 16.5. The van der Waals surface area contributed by atoms with Crippen LogP contribution in [-0.2, 0) is 0 Å². The fourth-order valence-corrected chi connectivity index (χ4v) is 1.66. The highest BCUT2D eigenvalue weighted by Crippen LogP contribution is 2.30. The number of ether oxygens (including phenoxy) is 1. The molecule has 80 valence electrons. The van der Waals surface area contributed by atoms with Crippen LogP contribution in [0.25, 0.3) is 11.1 Å². The topological polar surface area (TPSA) is 61.7 Å². The number of methoxy groups -OCH3 is 1. The Balaban J connectivity index is 2.53. The Hall–Kier alpha value is -2.28. The number of aromatic nitrogens is 2. The summed E-state index contributed by atoms with van der Waals surface area (Å²) in [6.07, 6.45) is 1.72. The maximum atomic E-state index is 8.79. The van der Waals surface area contributed by atoms with Crippen molar-refractivity contribution in [1.82, 2.24) is 10.2 Å². The van der Waals surface area contributed by atoms with E-state index in [9.17, 15) is 0 Å². The summed E-state index contributed by atoms with van der Waals surface area (Å²) in [6.45, 7) is 1.96. The molecule has 1 aromatic carbocycles. The summed E-state index contributed by atoms with van der Waals surface area (Å²) in [4.78, 5) is 0. The molecule has 1 aromatic heterocycles. The van der Waals surface area contributed by atoms with Gasteiger partial charge in [-0.15, -0.1) is 0 Å². The number of benzene rings is 1. The predicted molar refractivity (Wildman–Crippen MR) is 60.0 cm³/mol. The lowest BCUT2D eigenvalue weighted by atomic mass is 10.0. The fraction of sp³-hybridized carbons (Fsp3) is 0.167. The van der Waals surface area contributed by atoms with Crippen LogP contribution in [0, 0.1) is 18.3 Å². The average molecular weight is 213 g/mol. The molecule has 0 atom stereocenters. The van der Waals surface area contributed by atoms with E-state index in [2.05, 4.69) is 16.3 Å². The first-order valence-electron chi connectivity index (χ1n) is 4.84. The summed E-state index contributed by atoms with van der Waals surface area (Å²) < 4.78 is 5.17. The number of nitrogens with zero attached hydrogens (tertiary/aromatic N) is 2. The quantitative estimate of drug-likeness (QED) is 0.832. The molecule has 0 amide bonds. The molecule has 0 spiro atoms. The van der Waals surface area contributed by atoms with Gasteiger partial charge in [-0.1, -0.05) is 6.07 Å². The van der Waals surface area contributed by atoms with E-state index < -0.39 is 0 Å². The molecule has 1 heterocycles. The highest BCUT2D eigenvalue weighted by molar-refractivity contribution is 5.71. The lowest BCUT2D eigenvalue weighted by Crippen LogP contribution is -1.88. The van der Waals surface area contributed by atoms with Gasteiger partial charge in [-0.3, -0.25) is 0 Å². The fourth-order valence-electron chi connectivity index (χ4n) is 1.66. The standard InChI is InChI=1S/C12H11N3O/c1-8-5-9(6-13)3-4-10(8)11-7-14-15-12(11)16-2/h3-5,7H,1-2H3,(H,14,15). The molecule has 16 heavy (non-hydrogen) atoms. The zero-order chi connectivity index (χ0) is 11.5. The van der Waals surface area contributed by atoms with Crippen LogP contribution in [0.15, 0.2) is 24.4 Å². The first-order valence-corrected chi connectivity index (χ1v) is 4.84. The molecule has 4 heteroatoms. The van der Waals surface area contributed by atoms with Crippen molar-refractivity contribution in [2.75, 3.05) is 7.11 Å². The normalized spacial score (nSPS) is 9.81. The second kappa shape index (κ2) is 4.07. The van der Waals surface area contributed by atoms with Gasteiger partial charge in [-0.2, -0.15) is 10.4 Å². The van der Waals surface area contributed by atoms with Crippen molar-refractivity contribution in [2.24, 2.45) is 0 Å². The minimum absolute atomic E-state index is 0.632. The predicted octanol–water partition coefficient (Wildman–Crippen LogP) is 2.27. The third-order valence-corrected chi connectivity index (χ3v) is 2.45. The molecule has 2 aromatic rings. The number of hydrogen-bond donors (Lipinski definition) is 1. The van der Waals surface area contributed by atoms with Crippen LogP contribution in [0.1, 0.15) is 11.1 Å². The van der Waals surface area contributed by atoms with Gasteiger partial charge in [0.05, 0.1) is 30.5 Å². The smallest absolute Gasteiger partial charge is 0.216 e. The molecule has 0 bridgehead atoms. The van der Waals surface area contributed by atoms with E-state index in [1.165, 1.54) is 0 Å². The van der Waals surface area contributed by atoms with E-state index in [1.807, 2.05) is 19.1 Å². The van der Waals surface area contributed by atoms with Crippen LogP contribution < -0.4 is 4.74 Å². The Morgan fingerprint density at radius 1 is 1.38 bits per heavy atom. The molecular weight excluding hydrogens is 202 g/mol. The Bertz CT molecular complexity index is 552. The van der Waals surface area contributed by atoms with Crippen molar-refractivity contribution < 1.29 is 4.74 Å². The van der Waals surface area contributed by atoms with Gasteiger partial charge in [0.2, 0.25) is 5.88 Å². The summed E-state index contributed by atoms with van der Waals surface area (Å²) in [5.74, 6) is 0.632. The van der Waals surface area contributed by atoms with Crippen molar-refractivity contribution in [3.8, 4) is 23.1 Å². The first kappa shape index (κ1) is 10.2. The number of nitrogens with one attached hydrogen (secondary N) is 1. The molecule has 0 aliphatic rings. The van der Waals surface area contributed by atoms with Gasteiger partial charge in [0.15, 0.2) is 0 Å². The van der Waals surface area contributed by atoms with E-state index in [-0.39, 0.29) is 0 Å². The number of hydrogen-bond acceptors (Lipinski definition) is 3. The Morgan fingerprint density at radius 3 is 2.81 bits per heavy atom. The summed E-state index contributed by atoms with van der Waals surface area (Å²) in [5, 5.41) is 15.5. The molecule has 0 aliphatic heterocycles. The number of H-pyrrole nitrogens is 1. The van der Waals surface area contributed by atoms with Crippen LogP contribution in [0.4, 0.5) is 0 Å². The van der Waals surface area contributed by atoms with Crippen molar-refractivity contribution in [2.45, 2.75) is 6.92 Å². The second-order valence-corrected chi connectivity index (χ2v) is 3.46. The van der Waals surface area contributed by atoms with E-state index in [4.69, 9.17) is 10.00 Å². The molecule has 0 radical (unpaired) electrons. The molecule has 0 fully saturated rings. The van der Waals surface area contributed by atoms with Crippen LogP contribution in [0.2, 0.25) is 0 Å². The van der Waals surface area contributed by atoms with Gasteiger partial charge in [0.1, 0.15) is 0 Å². The maximum Gasteiger partial charge on any atom is 0.216 e. The summed E-state index contributed by atoms with van der Waals surface area (Å²) in [6, 6.07) is 7.65. The van der Waals surface area contributed by atoms with Gasteiger partial charge in [-0.05, 0) is 30.2 Å². The minimum Gasteiger partial charge on any atom is -0.481 e. The van der Waals surface area contributed by atoms with Gasteiger partial charge < -0.3 is 4.74 Å². The second-order valence-electron chi connectivity index (χ2n) is 3.46. The molecule has 2 rings (SSSR count). The Kier molecular flexibility index (Phi) is 2.61. The first-order chi connectivity index (χ1) is 7.76. The van der Waals surface area contributed by atoms with Crippen LogP contribution in [0.5, 0.6) is 5.88 Å². The van der Waals surface area contributed by atoms with Crippen LogP contribution >= 0.6 is 0 Å². The molecule has 0 saturated carbocycles. The molecular formula is C12H11N3O. The lowest BCUT2D eigenvalue weighted by Gasteiger charge is -2.05. The summed E-state index contributed by atoms with van der Waals surface area (Å²) in [7, 11) is 1.59. The number of nitriles is 1. The monoisotopic (exact) mass is 213 g/mol. The highest BCUT2D eigenvalue weighted by Gasteiger charge is 2.10. The Morgan fingerprint density at radius 2 is 2.19 bits per heavy atom. The molecule has 1 N–H and O–H groups in total. The van der Waals surface area contributed by atoms with Crippen molar-refractivity contribution in [1.29, 1.82) is 5.26 Å². The third kappa shape index (κ3) is 1.63. The third-order valence-electron chi connectivity index (χ3n) is 2.45. The largest absolute Gasteiger partial charge is 0.481 e. The minimum atomic E-state index is 0.632. The van der Waals surface area contributed by atoms with Gasteiger partial charge in [0, 0.05) is 0 Å². The van der Waals surface area contributed by atoms with Crippen molar-refractivity contribution in [3.05, 3.63) is 35.5 Å². The van der Waals surface area contributed by atoms with Crippen molar-refractivity contribution >= 4 is 0 Å². The maximum absolute atomic E-state index is 8.79. The van der Waals surface area contributed by atoms with Crippen LogP contribution in [-0.4, -0.2) is 17.3 Å². The lowest BCUT2D eigenvalue weighted by molar-refractivity contribution is 0.398. The number of aromatic amines is 1.